The van der Waals surface area contributed by atoms with Crippen LogP contribution in [-0.2, 0) is 11.2 Å². The van der Waals surface area contributed by atoms with Gasteiger partial charge in [-0.1, -0.05) is 12.1 Å². The Morgan fingerprint density at radius 1 is 1.18 bits per heavy atom. The van der Waals surface area contributed by atoms with Gasteiger partial charge >= 0.3 is 0 Å². The molecule has 2 aromatic rings. The maximum atomic E-state index is 11.8. The number of pyridine rings is 1. The molecule has 0 unspecified atom stereocenters. The van der Waals surface area contributed by atoms with Gasteiger partial charge in [-0.3, -0.25) is 9.78 Å². The fourth-order valence-corrected chi connectivity index (χ4v) is 1.83. The standard InChI is InChI=1S/C13H11BrN2O/c14-11-3-1-2-4-12(11)16-13(17)9-10-5-7-15-8-6-10/h1-8H,9H2,(H,16,17). The van der Waals surface area contributed by atoms with E-state index >= 15 is 0 Å². The SMILES string of the molecule is O=C(Cc1ccncc1)Nc1ccccc1Br. The molecule has 1 amide bonds. The molecular formula is C13H11BrN2O. The van der Waals surface area contributed by atoms with Crippen LogP contribution in [0.3, 0.4) is 0 Å². The second kappa shape index (κ2) is 5.59. The monoisotopic (exact) mass is 290 g/mol. The van der Waals surface area contributed by atoms with Crippen LogP contribution in [0.4, 0.5) is 5.69 Å². The highest BCUT2D eigenvalue weighted by Crippen LogP contribution is 2.21. The molecule has 0 aliphatic carbocycles. The summed E-state index contributed by atoms with van der Waals surface area (Å²) in [6, 6.07) is 11.2. The summed E-state index contributed by atoms with van der Waals surface area (Å²) in [7, 11) is 0. The Balaban J connectivity index is 2.01. The van der Waals surface area contributed by atoms with Crippen LogP contribution >= 0.6 is 15.9 Å². The molecule has 2 rings (SSSR count). The quantitative estimate of drug-likeness (QED) is 0.944. The minimum Gasteiger partial charge on any atom is -0.325 e. The third-order valence-corrected chi connectivity index (χ3v) is 2.95. The number of amides is 1. The molecule has 0 saturated heterocycles. The largest absolute Gasteiger partial charge is 0.325 e. The summed E-state index contributed by atoms with van der Waals surface area (Å²) >= 11 is 3.39. The topological polar surface area (TPSA) is 42.0 Å². The molecule has 1 aromatic carbocycles. The Labute approximate surface area is 108 Å². The van der Waals surface area contributed by atoms with Crippen LogP contribution in [0.2, 0.25) is 0 Å². The predicted octanol–water partition coefficient (Wildman–Crippen LogP) is 3.03. The molecule has 86 valence electrons. The first-order valence-corrected chi connectivity index (χ1v) is 5.98. The van der Waals surface area contributed by atoms with Gasteiger partial charge < -0.3 is 5.32 Å². The van der Waals surface area contributed by atoms with Crippen molar-refractivity contribution in [3.05, 3.63) is 58.8 Å². The van der Waals surface area contributed by atoms with E-state index in [4.69, 9.17) is 0 Å². The Hall–Kier alpha value is -1.68. The molecule has 0 atom stereocenters. The molecular weight excluding hydrogens is 280 g/mol. The maximum Gasteiger partial charge on any atom is 0.228 e. The number of hydrogen-bond donors (Lipinski definition) is 1. The molecule has 1 heterocycles. The summed E-state index contributed by atoms with van der Waals surface area (Å²) in [4.78, 5) is 15.7. The Bertz CT molecular complexity index is 514. The number of halogens is 1. The molecule has 4 heteroatoms. The van der Waals surface area contributed by atoms with E-state index in [0.717, 1.165) is 15.7 Å². The minimum absolute atomic E-state index is 0.0388. The number of aromatic nitrogens is 1. The first-order valence-electron chi connectivity index (χ1n) is 5.19. The summed E-state index contributed by atoms with van der Waals surface area (Å²) in [5, 5.41) is 2.85. The van der Waals surface area contributed by atoms with Gasteiger partial charge in [0.15, 0.2) is 0 Å². The number of carbonyl (C=O) groups is 1. The van der Waals surface area contributed by atoms with Crippen LogP contribution in [-0.4, -0.2) is 10.9 Å². The van der Waals surface area contributed by atoms with E-state index in [1.807, 2.05) is 36.4 Å². The zero-order chi connectivity index (χ0) is 12.1. The smallest absolute Gasteiger partial charge is 0.228 e. The number of anilines is 1. The Morgan fingerprint density at radius 3 is 2.59 bits per heavy atom. The van der Waals surface area contributed by atoms with Crippen molar-refractivity contribution >= 4 is 27.5 Å². The Morgan fingerprint density at radius 2 is 1.88 bits per heavy atom. The lowest BCUT2D eigenvalue weighted by Crippen LogP contribution is -2.14. The maximum absolute atomic E-state index is 11.8. The van der Waals surface area contributed by atoms with E-state index in [0.29, 0.717) is 6.42 Å². The second-order valence-corrected chi connectivity index (χ2v) is 4.41. The van der Waals surface area contributed by atoms with Crippen LogP contribution in [0.25, 0.3) is 0 Å². The van der Waals surface area contributed by atoms with Crippen LogP contribution < -0.4 is 5.32 Å². The van der Waals surface area contributed by atoms with Crippen molar-refractivity contribution in [2.45, 2.75) is 6.42 Å². The van der Waals surface area contributed by atoms with E-state index in [2.05, 4.69) is 26.2 Å². The van der Waals surface area contributed by atoms with Crippen LogP contribution in [0.15, 0.2) is 53.3 Å². The molecule has 1 N–H and O–H groups in total. The van der Waals surface area contributed by atoms with Gasteiger partial charge in [0, 0.05) is 16.9 Å². The zero-order valence-electron chi connectivity index (χ0n) is 9.06. The number of rotatable bonds is 3. The molecule has 17 heavy (non-hydrogen) atoms. The number of nitrogens with zero attached hydrogens (tertiary/aromatic N) is 1. The second-order valence-electron chi connectivity index (χ2n) is 3.56. The van der Waals surface area contributed by atoms with Crippen molar-refractivity contribution in [2.75, 3.05) is 5.32 Å². The van der Waals surface area contributed by atoms with Gasteiger partial charge in [-0.25, -0.2) is 0 Å². The third kappa shape index (κ3) is 3.39. The molecule has 0 aliphatic rings. The lowest BCUT2D eigenvalue weighted by atomic mass is 10.2. The number of carbonyl (C=O) groups excluding carboxylic acids is 1. The molecule has 0 spiro atoms. The van der Waals surface area contributed by atoms with E-state index in [-0.39, 0.29) is 5.91 Å². The fourth-order valence-electron chi connectivity index (χ4n) is 1.44. The van der Waals surface area contributed by atoms with Crippen molar-refractivity contribution in [2.24, 2.45) is 0 Å². The summed E-state index contributed by atoms with van der Waals surface area (Å²) in [6.07, 6.45) is 3.71. The highest BCUT2D eigenvalue weighted by atomic mass is 79.9. The summed E-state index contributed by atoms with van der Waals surface area (Å²) in [6.45, 7) is 0. The summed E-state index contributed by atoms with van der Waals surface area (Å²) < 4.78 is 0.878. The van der Waals surface area contributed by atoms with Crippen molar-refractivity contribution in [3.8, 4) is 0 Å². The molecule has 1 aromatic heterocycles. The number of para-hydroxylation sites is 1. The first-order chi connectivity index (χ1) is 8.25. The first kappa shape index (κ1) is 11.8. The minimum atomic E-state index is -0.0388. The van der Waals surface area contributed by atoms with Gasteiger partial charge in [0.2, 0.25) is 5.91 Å². The molecule has 0 aliphatic heterocycles. The van der Waals surface area contributed by atoms with E-state index in [9.17, 15) is 4.79 Å². The average molecular weight is 291 g/mol. The number of hydrogen-bond acceptors (Lipinski definition) is 2. The highest BCUT2D eigenvalue weighted by molar-refractivity contribution is 9.10. The van der Waals surface area contributed by atoms with Crippen molar-refractivity contribution < 1.29 is 4.79 Å². The highest BCUT2D eigenvalue weighted by Gasteiger charge is 2.05. The molecule has 0 bridgehead atoms. The van der Waals surface area contributed by atoms with Crippen LogP contribution in [0.1, 0.15) is 5.56 Å². The summed E-state index contributed by atoms with van der Waals surface area (Å²) in [5.41, 5.74) is 1.73. The normalized spacial score (nSPS) is 9.94. The van der Waals surface area contributed by atoms with Gasteiger partial charge in [-0.2, -0.15) is 0 Å². The van der Waals surface area contributed by atoms with Crippen LogP contribution in [0, 0.1) is 0 Å². The summed E-state index contributed by atoms with van der Waals surface area (Å²) in [5.74, 6) is -0.0388. The van der Waals surface area contributed by atoms with Gasteiger partial charge in [-0.15, -0.1) is 0 Å². The van der Waals surface area contributed by atoms with E-state index < -0.39 is 0 Å². The predicted molar refractivity (Wildman–Crippen MR) is 70.7 cm³/mol. The lowest BCUT2D eigenvalue weighted by molar-refractivity contribution is -0.115. The van der Waals surface area contributed by atoms with Gasteiger partial charge in [-0.05, 0) is 45.8 Å². The van der Waals surface area contributed by atoms with E-state index in [1.165, 1.54) is 0 Å². The third-order valence-electron chi connectivity index (χ3n) is 2.26. The number of nitrogens with one attached hydrogen (secondary N) is 1. The zero-order valence-corrected chi connectivity index (χ0v) is 10.6. The van der Waals surface area contributed by atoms with Crippen molar-refractivity contribution in [3.63, 3.8) is 0 Å². The van der Waals surface area contributed by atoms with E-state index in [1.54, 1.807) is 12.4 Å². The van der Waals surface area contributed by atoms with Gasteiger partial charge in [0.1, 0.15) is 0 Å². The average Bonchev–Trinajstić information content (AvgIpc) is 2.33. The van der Waals surface area contributed by atoms with Crippen molar-refractivity contribution in [1.29, 1.82) is 0 Å². The van der Waals surface area contributed by atoms with Crippen LogP contribution in [0.5, 0.6) is 0 Å². The molecule has 3 nitrogen and oxygen atoms in total. The van der Waals surface area contributed by atoms with Crippen molar-refractivity contribution in [1.82, 2.24) is 4.98 Å². The fraction of sp³-hybridized carbons (Fsp3) is 0.0769. The molecule has 0 fully saturated rings. The molecule has 0 radical (unpaired) electrons. The molecule has 0 saturated carbocycles. The number of benzene rings is 1. The Kier molecular flexibility index (Phi) is 3.88. The van der Waals surface area contributed by atoms with Gasteiger partial charge in [0.05, 0.1) is 12.1 Å². The van der Waals surface area contributed by atoms with Gasteiger partial charge in [0.25, 0.3) is 0 Å². The lowest BCUT2D eigenvalue weighted by Gasteiger charge is -2.06.